The minimum atomic E-state index is -0.676. The van der Waals surface area contributed by atoms with Crippen molar-refractivity contribution in [2.45, 2.75) is 19.3 Å². The molecule has 1 heterocycles. The van der Waals surface area contributed by atoms with Crippen molar-refractivity contribution in [2.24, 2.45) is 0 Å². The van der Waals surface area contributed by atoms with E-state index in [1.54, 1.807) is 0 Å². The molecular weight excluding hydrogens is 498 g/mol. The average Bonchev–Trinajstić information content (AvgIpc) is 3.46. The number of aromatic hydroxyl groups is 1. The highest BCUT2D eigenvalue weighted by Gasteiger charge is 2.48. The molecule has 1 aliphatic rings. The fourth-order valence-electron chi connectivity index (χ4n) is 7.26. The Morgan fingerprint density at radius 1 is 0.512 bits per heavy atom. The highest BCUT2D eigenvalue weighted by molar-refractivity contribution is 6.12. The number of phenolic OH excluding ortho intramolecular Hbond substituents is 1. The van der Waals surface area contributed by atoms with Gasteiger partial charge in [0.1, 0.15) is 5.75 Å². The third kappa shape index (κ3) is 3.19. The highest BCUT2D eigenvalue weighted by atomic mass is 16.3. The topological polar surface area (TPSA) is 25.2 Å². The van der Waals surface area contributed by atoms with Crippen molar-refractivity contribution in [3.63, 3.8) is 0 Å². The Bertz CT molecular complexity index is 2090. The number of hydrogen-bond acceptors (Lipinski definition) is 1. The van der Waals surface area contributed by atoms with E-state index in [0.717, 1.165) is 16.8 Å². The Morgan fingerprint density at radius 2 is 1.17 bits per heavy atom. The van der Waals surface area contributed by atoms with Crippen LogP contribution in [0.2, 0.25) is 0 Å². The number of fused-ring (bicyclic) bond motifs is 6. The number of aryl methyl sites for hydroxylation is 2. The molecule has 1 aromatic heterocycles. The largest absolute Gasteiger partial charge is 0.508 e. The second-order valence-electron chi connectivity index (χ2n) is 11.2. The van der Waals surface area contributed by atoms with Crippen LogP contribution >= 0.6 is 0 Å². The molecule has 0 fully saturated rings. The Morgan fingerprint density at radius 3 is 1.95 bits per heavy atom. The minimum absolute atomic E-state index is 0.303. The first kappa shape index (κ1) is 23.8. The predicted octanol–water partition coefficient (Wildman–Crippen LogP) is 9.47. The van der Waals surface area contributed by atoms with Crippen molar-refractivity contribution in [3.8, 4) is 22.6 Å². The van der Waals surface area contributed by atoms with Gasteiger partial charge < -0.3 is 9.67 Å². The number of para-hydroxylation sites is 2. The summed E-state index contributed by atoms with van der Waals surface area (Å²) in [4.78, 5) is 0. The molecule has 41 heavy (non-hydrogen) atoms. The van der Waals surface area contributed by atoms with E-state index in [-0.39, 0.29) is 0 Å². The van der Waals surface area contributed by atoms with Crippen molar-refractivity contribution in [2.75, 3.05) is 0 Å². The molecule has 1 atom stereocenters. The maximum atomic E-state index is 11.5. The molecule has 2 nitrogen and oxygen atoms in total. The van der Waals surface area contributed by atoms with Gasteiger partial charge in [-0.2, -0.15) is 0 Å². The average molecular weight is 528 g/mol. The normalized spacial score (nSPS) is 15.8. The van der Waals surface area contributed by atoms with E-state index in [9.17, 15) is 5.11 Å². The number of aromatic nitrogens is 1. The summed E-state index contributed by atoms with van der Waals surface area (Å²) in [6, 6.07) is 47.4. The molecule has 7 aromatic rings. The van der Waals surface area contributed by atoms with E-state index < -0.39 is 5.41 Å². The van der Waals surface area contributed by atoms with E-state index in [1.165, 1.54) is 55.2 Å². The van der Waals surface area contributed by atoms with Crippen LogP contribution < -0.4 is 0 Å². The van der Waals surface area contributed by atoms with Gasteiger partial charge in [-0.05, 0) is 89.2 Å². The lowest BCUT2D eigenvalue weighted by Gasteiger charge is -2.35. The molecule has 1 unspecified atom stereocenters. The molecule has 0 bridgehead atoms. The molecule has 0 saturated heterocycles. The summed E-state index contributed by atoms with van der Waals surface area (Å²) in [6.07, 6.45) is 0. The van der Waals surface area contributed by atoms with E-state index >= 15 is 0 Å². The first-order valence-corrected chi connectivity index (χ1v) is 14.2. The maximum Gasteiger partial charge on any atom is 0.120 e. The van der Waals surface area contributed by atoms with Crippen molar-refractivity contribution in [1.82, 2.24) is 4.57 Å². The van der Waals surface area contributed by atoms with Crippen molar-refractivity contribution < 1.29 is 5.11 Å². The Kier molecular flexibility index (Phi) is 5.05. The standard InChI is InChI=1S/C39H29NO/c1-25-20-21-29-31-23-30-28-15-7-9-17-33(28)39(32-16-8-6-12-26(32)2,34-18-10-11-19-38(34)41)35(30)24-37(31)40(36(29)22-25)27-13-4-3-5-14-27/h3-24,41H,1-2H3. The lowest BCUT2D eigenvalue weighted by Crippen LogP contribution is -2.29. The Balaban J connectivity index is 1.61. The van der Waals surface area contributed by atoms with Gasteiger partial charge in [0, 0.05) is 22.0 Å². The quantitative estimate of drug-likeness (QED) is 0.243. The summed E-state index contributed by atoms with van der Waals surface area (Å²) < 4.78 is 2.40. The molecule has 0 amide bonds. The summed E-state index contributed by atoms with van der Waals surface area (Å²) in [5, 5.41) is 14.0. The number of phenols is 1. The van der Waals surface area contributed by atoms with Crippen LogP contribution in [-0.2, 0) is 5.41 Å². The third-order valence-electron chi connectivity index (χ3n) is 8.96. The second-order valence-corrected chi connectivity index (χ2v) is 11.2. The van der Waals surface area contributed by atoms with Gasteiger partial charge in [-0.25, -0.2) is 0 Å². The Hall–Kier alpha value is -5.08. The second kappa shape index (κ2) is 8.71. The number of rotatable bonds is 3. The number of hydrogen-bond donors (Lipinski definition) is 1. The van der Waals surface area contributed by atoms with Crippen LogP contribution in [0.4, 0.5) is 0 Å². The summed E-state index contributed by atoms with van der Waals surface area (Å²) in [5.41, 5.74) is 12.2. The number of benzene rings is 6. The van der Waals surface area contributed by atoms with E-state index in [1.807, 2.05) is 18.2 Å². The lowest BCUT2D eigenvalue weighted by atomic mass is 9.66. The summed E-state index contributed by atoms with van der Waals surface area (Å²) >= 11 is 0. The molecule has 196 valence electrons. The number of nitrogens with zero attached hydrogens (tertiary/aromatic N) is 1. The van der Waals surface area contributed by atoms with Gasteiger partial charge in [0.05, 0.1) is 16.4 Å². The van der Waals surface area contributed by atoms with E-state index in [4.69, 9.17) is 0 Å². The van der Waals surface area contributed by atoms with Crippen LogP contribution in [0.3, 0.4) is 0 Å². The van der Waals surface area contributed by atoms with Crippen LogP contribution in [0.15, 0.2) is 133 Å². The monoisotopic (exact) mass is 527 g/mol. The van der Waals surface area contributed by atoms with Gasteiger partial charge in [0.15, 0.2) is 0 Å². The van der Waals surface area contributed by atoms with E-state index in [2.05, 4.69) is 134 Å². The SMILES string of the molecule is Cc1ccc2c3cc4c(cc3n(-c3ccccc3)c2c1)C(c1ccccc1C)(c1ccccc1O)c1ccccc1-4. The Labute approximate surface area is 239 Å². The molecular formula is C39H29NO. The molecule has 8 rings (SSSR count). The molecule has 1 aliphatic carbocycles. The van der Waals surface area contributed by atoms with Crippen LogP contribution in [0.1, 0.15) is 33.4 Å². The maximum absolute atomic E-state index is 11.5. The first-order valence-electron chi connectivity index (χ1n) is 14.2. The molecule has 0 radical (unpaired) electrons. The van der Waals surface area contributed by atoms with Gasteiger partial charge in [-0.1, -0.05) is 97.1 Å². The van der Waals surface area contributed by atoms with Crippen molar-refractivity contribution in [3.05, 3.63) is 167 Å². The highest BCUT2D eigenvalue weighted by Crippen LogP contribution is 2.59. The van der Waals surface area contributed by atoms with Crippen molar-refractivity contribution in [1.29, 1.82) is 0 Å². The van der Waals surface area contributed by atoms with E-state index in [0.29, 0.717) is 5.75 Å². The molecule has 0 aliphatic heterocycles. The molecule has 1 N–H and O–H groups in total. The van der Waals surface area contributed by atoms with Gasteiger partial charge >= 0.3 is 0 Å². The zero-order chi connectivity index (χ0) is 27.7. The fourth-order valence-corrected chi connectivity index (χ4v) is 7.26. The summed E-state index contributed by atoms with van der Waals surface area (Å²) in [6.45, 7) is 4.34. The molecule has 0 spiro atoms. The zero-order valence-electron chi connectivity index (χ0n) is 23.1. The fraction of sp³-hybridized carbons (Fsp3) is 0.0769. The molecule has 2 heteroatoms. The third-order valence-corrected chi connectivity index (χ3v) is 8.96. The van der Waals surface area contributed by atoms with Crippen LogP contribution in [0.5, 0.6) is 5.75 Å². The summed E-state index contributed by atoms with van der Waals surface area (Å²) in [5.74, 6) is 0.303. The van der Waals surface area contributed by atoms with Crippen LogP contribution in [0.25, 0.3) is 38.6 Å². The zero-order valence-corrected chi connectivity index (χ0v) is 23.1. The van der Waals surface area contributed by atoms with Crippen LogP contribution in [0, 0.1) is 13.8 Å². The van der Waals surface area contributed by atoms with Gasteiger partial charge in [-0.15, -0.1) is 0 Å². The minimum Gasteiger partial charge on any atom is -0.508 e. The molecule has 0 saturated carbocycles. The predicted molar refractivity (Wildman–Crippen MR) is 169 cm³/mol. The van der Waals surface area contributed by atoms with Gasteiger partial charge in [0.2, 0.25) is 0 Å². The lowest BCUT2D eigenvalue weighted by molar-refractivity contribution is 0.461. The van der Waals surface area contributed by atoms with Crippen molar-refractivity contribution >= 4 is 21.8 Å². The first-order chi connectivity index (χ1) is 20.1. The van der Waals surface area contributed by atoms with Crippen LogP contribution in [-0.4, -0.2) is 9.67 Å². The van der Waals surface area contributed by atoms with Gasteiger partial charge in [0.25, 0.3) is 0 Å². The van der Waals surface area contributed by atoms with Gasteiger partial charge in [-0.3, -0.25) is 0 Å². The smallest absolute Gasteiger partial charge is 0.120 e. The molecule has 6 aromatic carbocycles. The summed E-state index contributed by atoms with van der Waals surface area (Å²) in [7, 11) is 0.